The first-order chi connectivity index (χ1) is 15.0. The molecule has 0 radical (unpaired) electrons. The Labute approximate surface area is 185 Å². The zero-order chi connectivity index (χ0) is 21.7. The summed E-state index contributed by atoms with van der Waals surface area (Å²) in [5.74, 6) is -0.00313. The molecule has 2 heterocycles. The monoisotopic (exact) mass is 422 g/mol. The van der Waals surface area contributed by atoms with Crippen molar-refractivity contribution in [2.24, 2.45) is 0 Å². The van der Waals surface area contributed by atoms with E-state index in [0.29, 0.717) is 19.8 Å². The van der Waals surface area contributed by atoms with Crippen molar-refractivity contribution >= 4 is 11.6 Å². The quantitative estimate of drug-likeness (QED) is 0.759. The Bertz CT molecular complexity index is 877. The number of hydrogen-bond acceptors (Lipinski definition) is 4. The first-order valence-electron chi connectivity index (χ1n) is 11.4. The molecular formula is C26H34N2O3. The molecule has 2 aliphatic rings. The Kier molecular flexibility index (Phi) is 6.63. The topological polar surface area (TPSA) is 50.8 Å². The van der Waals surface area contributed by atoms with Gasteiger partial charge in [0.05, 0.1) is 24.4 Å². The van der Waals surface area contributed by atoms with E-state index in [-0.39, 0.29) is 16.9 Å². The van der Waals surface area contributed by atoms with Crippen LogP contribution in [0.1, 0.15) is 49.0 Å². The lowest BCUT2D eigenvalue weighted by Crippen LogP contribution is -2.45. The number of amides is 1. The predicted octanol–water partition coefficient (Wildman–Crippen LogP) is 4.17. The molecule has 2 saturated heterocycles. The van der Waals surface area contributed by atoms with Crippen LogP contribution in [0.4, 0.5) is 5.69 Å². The lowest BCUT2D eigenvalue weighted by atomic mass is 9.67. The second-order valence-electron chi connectivity index (χ2n) is 9.30. The van der Waals surface area contributed by atoms with Gasteiger partial charge in [0.2, 0.25) is 0 Å². The van der Waals surface area contributed by atoms with Gasteiger partial charge < -0.3 is 19.7 Å². The van der Waals surface area contributed by atoms with E-state index in [4.69, 9.17) is 9.47 Å². The number of carbonyl (C=O) groups excluding carboxylic acids is 1. The van der Waals surface area contributed by atoms with Gasteiger partial charge in [-0.2, -0.15) is 0 Å². The number of nitrogens with zero attached hydrogens (tertiary/aromatic N) is 1. The number of morpholine rings is 1. The van der Waals surface area contributed by atoms with Gasteiger partial charge >= 0.3 is 0 Å². The molecule has 166 valence electrons. The number of rotatable bonds is 6. The zero-order valence-corrected chi connectivity index (χ0v) is 18.7. The van der Waals surface area contributed by atoms with Gasteiger partial charge in [-0.05, 0) is 50.8 Å². The standard InChI is InChI=1S/C26H34N2O3/c1-25(2)20-26(13-17-31-25,21-8-4-3-5-9-21)12-14-27-24(29)22-10-6-7-11-23(22)28-15-18-30-19-16-28/h3-11H,12-20H2,1-2H3,(H,27,29). The normalized spacial score (nSPS) is 23.4. The number of hydrogen-bond donors (Lipinski definition) is 1. The number of anilines is 1. The summed E-state index contributed by atoms with van der Waals surface area (Å²) in [5, 5.41) is 3.21. The van der Waals surface area contributed by atoms with Crippen molar-refractivity contribution in [3.63, 3.8) is 0 Å². The summed E-state index contributed by atoms with van der Waals surface area (Å²) in [7, 11) is 0. The molecular weight excluding hydrogens is 388 g/mol. The lowest BCUT2D eigenvalue weighted by molar-refractivity contribution is -0.0838. The summed E-state index contributed by atoms with van der Waals surface area (Å²) >= 11 is 0. The largest absolute Gasteiger partial charge is 0.378 e. The summed E-state index contributed by atoms with van der Waals surface area (Å²) in [5.41, 5.74) is 2.93. The summed E-state index contributed by atoms with van der Waals surface area (Å²) in [6, 6.07) is 18.6. The number of para-hydroxylation sites is 1. The van der Waals surface area contributed by atoms with Crippen molar-refractivity contribution < 1.29 is 14.3 Å². The molecule has 0 bridgehead atoms. The van der Waals surface area contributed by atoms with Crippen molar-refractivity contribution in [3.8, 4) is 0 Å². The fourth-order valence-electron chi connectivity index (χ4n) is 5.13. The number of benzene rings is 2. The average Bonchev–Trinajstić information content (AvgIpc) is 2.79. The second-order valence-corrected chi connectivity index (χ2v) is 9.30. The maximum absolute atomic E-state index is 13.1. The highest BCUT2D eigenvalue weighted by molar-refractivity contribution is 5.99. The van der Waals surface area contributed by atoms with Crippen LogP contribution in [0.5, 0.6) is 0 Å². The molecule has 2 fully saturated rings. The van der Waals surface area contributed by atoms with Gasteiger partial charge in [-0.25, -0.2) is 0 Å². The summed E-state index contributed by atoms with van der Waals surface area (Å²) in [6.07, 6.45) is 2.82. The van der Waals surface area contributed by atoms with Crippen LogP contribution in [-0.4, -0.2) is 51.0 Å². The Balaban J connectivity index is 1.47. The molecule has 1 atom stereocenters. The first kappa shape index (κ1) is 21.8. The van der Waals surface area contributed by atoms with E-state index in [1.807, 2.05) is 24.3 Å². The molecule has 5 nitrogen and oxygen atoms in total. The highest BCUT2D eigenvalue weighted by Gasteiger charge is 2.41. The van der Waals surface area contributed by atoms with E-state index in [9.17, 15) is 4.79 Å². The molecule has 0 aliphatic carbocycles. The molecule has 31 heavy (non-hydrogen) atoms. The third-order valence-corrected chi connectivity index (χ3v) is 6.61. The molecule has 0 spiro atoms. The molecule has 2 aromatic carbocycles. The minimum Gasteiger partial charge on any atom is -0.378 e. The Morgan fingerprint density at radius 1 is 1.00 bits per heavy atom. The van der Waals surface area contributed by atoms with Crippen LogP contribution in [0.15, 0.2) is 54.6 Å². The Morgan fingerprint density at radius 3 is 2.45 bits per heavy atom. The number of nitrogens with one attached hydrogen (secondary N) is 1. The Morgan fingerprint density at radius 2 is 1.71 bits per heavy atom. The maximum atomic E-state index is 13.1. The average molecular weight is 423 g/mol. The van der Waals surface area contributed by atoms with Crippen LogP contribution >= 0.6 is 0 Å². The Hall–Kier alpha value is -2.37. The van der Waals surface area contributed by atoms with Crippen molar-refractivity contribution in [3.05, 3.63) is 65.7 Å². The van der Waals surface area contributed by atoms with E-state index in [1.165, 1.54) is 5.56 Å². The van der Waals surface area contributed by atoms with Crippen molar-refractivity contribution in [1.29, 1.82) is 0 Å². The van der Waals surface area contributed by atoms with Crippen LogP contribution in [0, 0.1) is 0 Å². The number of carbonyl (C=O) groups is 1. The summed E-state index contributed by atoms with van der Waals surface area (Å²) in [6.45, 7) is 8.76. The van der Waals surface area contributed by atoms with Crippen molar-refractivity contribution in [1.82, 2.24) is 5.32 Å². The molecule has 2 aliphatic heterocycles. The molecule has 1 amide bonds. The van der Waals surface area contributed by atoms with Crippen LogP contribution in [0.3, 0.4) is 0 Å². The van der Waals surface area contributed by atoms with E-state index in [0.717, 1.165) is 50.2 Å². The fourth-order valence-corrected chi connectivity index (χ4v) is 5.13. The zero-order valence-electron chi connectivity index (χ0n) is 18.7. The van der Waals surface area contributed by atoms with Gasteiger partial charge in [-0.15, -0.1) is 0 Å². The van der Waals surface area contributed by atoms with E-state index < -0.39 is 0 Å². The van der Waals surface area contributed by atoms with Gasteiger partial charge in [0.1, 0.15) is 0 Å². The minimum atomic E-state index is -0.166. The highest BCUT2D eigenvalue weighted by Crippen LogP contribution is 2.43. The third kappa shape index (κ3) is 5.10. The van der Waals surface area contributed by atoms with E-state index in [1.54, 1.807) is 0 Å². The van der Waals surface area contributed by atoms with Gasteiger partial charge in [-0.3, -0.25) is 4.79 Å². The SMILES string of the molecule is CC1(C)CC(CCNC(=O)c2ccccc2N2CCOCC2)(c2ccccc2)CCO1. The fraction of sp³-hybridized carbons (Fsp3) is 0.500. The maximum Gasteiger partial charge on any atom is 0.253 e. The molecule has 5 heteroatoms. The highest BCUT2D eigenvalue weighted by atomic mass is 16.5. The molecule has 1 unspecified atom stereocenters. The van der Waals surface area contributed by atoms with Crippen LogP contribution < -0.4 is 10.2 Å². The number of ether oxygens (including phenoxy) is 2. The van der Waals surface area contributed by atoms with E-state index >= 15 is 0 Å². The first-order valence-corrected chi connectivity index (χ1v) is 11.4. The molecule has 2 aromatic rings. The van der Waals surface area contributed by atoms with Crippen LogP contribution in [-0.2, 0) is 14.9 Å². The van der Waals surface area contributed by atoms with Gasteiger partial charge in [0.25, 0.3) is 5.91 Å². The summed E-state index contributed by atoms with van der Waals surface area (Å²) < 4.78 is 11.5. The van der Waals surface area contributed by atoms with Gasteiger partial charge in [0.15, 0.2) is 0 Å². The van der Waals surface area contributed by atoms with Gasteiger partial charge in [0, 0.05) is 37.3 Å². The van der Waals surface area contributed by atoms with Crippen LogP contribution in [0.25, 0.3) is 0 Å². The van der Waals surface area contributed by atoms with Crippen molar-refractivity contribution in [2.45, 2.75) is 44.1 Å². The third-order valence-electron chi connectivity index (χ3n) is 6.61. The smallest absolute Gasteiger partial charge is 0.253 e. The molecule has 1 N–H and O–H groups in total. The van der Waals surface area contributed by atoms with Gasteiger partial charge in [-0.1, -0.05) is 42.5 Å². The minimum absolute atomic E-state index is 0.00313. The lowest BCUT2D eigenvalue weighted by Gasteiger charge is -2.45. The molecule has 0 aromatic heterocycles. The second kappa shape index (κ2) is 9.41. The molecule has 0 saturated carbocycles. The predicted molar refractivity (Wildman–Crippen MR) is 124 cm³/mol. The molecule has 4 rings (SSSR count). The van der Waals surface area contributed by atoms with E-state index in [2.05, 4.69) is 54.4 Å². The van der Waals surface area contributed by atoms with Crippen LogP contribution in [0.2, 0.25) is 0 Å². The van der Waals surface area contributed by atoms with Crippen molar-refractivity contribution in [2.75, 3.05) is 44.4 Å². The summed E-state index contributed by atoms with van der Waals surface area (Å²) in [4.78, 5) is 15.4.